The summed E-state index contributed by atoms with van der Waals surface area (Å²) in [7, 11) is 0. The molecule has 2 rings (SSSR count). The monoisotopic (exact) mass is 327 g/mol. The normalized spacial score (nSPS) is 12.0. The number of phenolic OH excluding ortho intramolecular Hbond substituents is 2. The van der Waals surface area contributed by atoms with Gasteiger partial charge in [-0.15, -0.1) is 0 Å². The van der Waals surface area contributed by atoms with Gasteiger partial charge in [0.2, 0.25) is 5.91 Å². The summed E-state index contributed by atoms with van der Waals surface area (Å²) in [5.74, 6) is -1.63. The van der Waals surface area contributed by atoms with E-state index in [1.54, 1.807) is 30.3 Å². The van der Waals surface area contributed by atoms with E-state index in [9.17, 15) is 24.9 Å². The third-order valence-electron chi connectivity index (χ3n) is 3.34. The molecule has 1 amide bonds. The second kappa shape index (κ2) is 7.82. The number of aliphatic carboxylic acids is 1. The number of phenols is 2. The molecule has 0 spiro atoms. The van der Waals surface area contributed by atoms with Crippen LogP contribution >= 0.6 is 0 Å². The van der Waals surface area contributed by atoms with E-state index in [4.69, 9.17) is 0 Å². The SMILES string of the molecule is O=C(C=Cc1ccccc1O)NC(Cc1ccc(O)cc1)C(=O)O. The molecule has 0 heterocycles. The molecule has 2 aromatic rings. The van der Waals surface area contributed by atoms with Gasteiger partial charge in [0.05, 0.1) is 0 Å². The molecule has 0 bridgehead atoms. The smallest absolute Gasteiger partial charge is 0.326 e. The number of amides is 1. The highest BCUT2D eigenvalue weighted by molar-refractivity contribution is 5.94. The van der Waals surface area contributed by atoms with Crippen LogP contribution in [-0.2, 0) is 16.0 Å². The zero-order valence-electron chi connectivity index (χ0n) is 12.7. The number of rotatable bonds is 6. The molecule has 24 heavy (non-hydrogen) atoms. The van der Waals surface area contributed by atoms with Gasteiger partial charge in [-0.1, -0.05) is 30.3 Å². The lowest BCUT2D eigenvalue weighted by atomic mass is 10.1. The Morgan fingerprint density at radius 3 is 2.33 bits per heavy atom. The molecule has 0 aliphatic carbocycles. The largest absolute Gasteiger partial charge is 0.508 e. The molecule has 0 saturated heterocycles. The number of carboxylic acids is 1. The minimum atomic E-state index is -1.16. The van der Waals surface area contributed by atoms with Gasteiger partial charge in [-0.25, -0.2) is 4.79 Å². The Morgan fingerprint density at radius 2 is 1.71 bits per heavy atom. The summed E-state index contributed by atoms with van der Waals surface area (Å²) in [6.07, 6.45) is 2.66. The van der Waals surface area contributed by atoms with Crippen LogP contribution in [0.15, 0.2) is 54.6 Å². The maximum absolute atomic E-state index is 11.9. The maximum Gasteiger partial charge on any atom is 0.326 e. The molecule has 1 atom stereocenters. The van der Waals surface area contributed by atoms with E-state index in [0.29, 0.717) is 11.1 Å². The van der Waals surface area contributed by atoms with E-state index in [0.717, 1.165) is 0 Å². The number of hydrogen-bond donors (Lipinski definition) is 4. The van der Waals surface area contributed by atoms with Crippen LogP contribution in [0, 0.1) is 0 Å². The minimum absolute atomic E-state index is 0.0282. The van der Waals surface area contributed by atoms with Gasteiger partial charge in [0.25, 0.3) is 0 Å². The summed E-state index contributed by atoms with van der Waals surface area (Å²) in [5.41, 5.74) is 1.13. The summed E-state index contributed by atoms with van der Waals surface area (Å²) in [6, 6.07) is 11.5. The van der Waals surface area contributed by atoms with E-state index < -0.39 is 17.9 Å². The van der Waals surface area contributed by atoms with Gasteiger partial charge in [-0.2, -0.15) is 0 Å². The number of hydrogen-bond acceptors (Lipinski definition) is 4. The Balaban J connectivity index is 2.02. The van der Waals surface area contributed by atoms with Crippen LogP contribution in [0.3, 0.4) is 0 Å². The topological polar surface area (TPSA) is 107 Å². The molecule has 6 heteroatoms. The highest BCUT2D eigenvalue weighted by atomic mass is 16.4. The lowest BCUT2D eigenvalue weighted by molar-refractivity contribution is -0.141. The van der Waals surface area contributed by atoms with Crippen LogP contribution < -0.4 is 5.32 Å². The number of carbonyl (C=O) groups excluding carboxylic acids is 1. The second-order valence-electron chi connectivity index (χ2n) is 5.16. The van der Waals surface area contributed by atoms with E-state index in [1.807, 2.05) is 0 Å². The first-order valence-electron chi connectivity index (χ1n) is 7.23. The van der Waals surface area contributed by atoms with Crippen LogP contribution in [0.25, 0.3) is 6.08 Å². The van der Waals surface area contributed by atoms with E-state index in [1.165, 1.54) is 30.4 Å². The Labute approximate surface area is 138 Å². The quantitative estimate of drug-likeness (QED) is 0.607. The Kier molecular flexibility index (Phi) is 5.57. The van der Waals surface area contributed by atoms with Crippen molar-refractivity contribution in [1.29, 1.82) is 0 Å². The van der Waals surface area contributed by atoms with Gasteiger partial charge >= 0.3 is 5.97 Å². The summed E-state index contributed by atoms with van der Waals surface area (Å²) in [5, 5.41) is 30.5. The number of carboxylic acid groups (broad SMARTS) is 1. The van der Waals surface area contributed by atoms with Crippen molar-refractivity contribution in [3.05, 3.63) is 65.7 Å². The number of aromatic hydroxyl groups is 2. The van der Waals surface area contributed by atoms with Gasteiger partial charge in [-0.3, -0.25) is 4.79 Å². The summed E-state index contributed by atoms with van der Waals surface area (Å²) in [6.45, 7) is 0. The van der Waals surface area contributed by atoms with Gasteiger partial charge in [-0.05, 0) is 29.8 Å². The van der Waals surface area contributed by atoms with Gasteiger partial charge in [0.15, 0.2) is 0 Å². The summed E-state index contributed by atoms with van der Waals surface area (Å²) in [4.78, 5) is 23.2. The molecule has 6 nitrogen and oxygen atoms in total. The van der Waals surface area contributed by atoms with Crippen molar-refractivity contribution in [3.63, 3.8) is 0 Å². The predicted molar refractivity (Wildman–Crippen MR) is 88.5 cm³/mol. The third kappa shape index (κ3) is 4.88. The van der Waals surface area contributed by atoms with Crippen molar-refractivity contribution < 1.29 is 24.9 Å². The van der Waals surface area contributed by atoms with Crippen LogP contribution in [0.2, 0.25) is 0 Å². The second-order valence-corrected chi connectivity index (χ2v) is 5.16. The van der Waals surface area contributed by atoms with Crippen molar-refractivity contribution in [2.24, 2.45) is 0 Å². The molecule has 0 aromatic heterocycles. The number of nitrogens with one attached hydrogen (secondary N) is 1. The average molecular weight is 327 g/mol. The fourth-order valence-corrected chi connectivity index (χ4v) is 2.08. The first-order chi connectivity index (χ1) is 11.5. The van der Waals surface area contributed by atoms with E-state index in [2.05, 4.69) is 5.32 Å². The molecule has 0 saturated carbocycles. The van der Waals surface area contributed by atoms with Crippen molar-refractivity contribution in [2.45, 2.75) is 12.5 Å². The lowest BCUT2D eigenvalue weighted by Crippen LogP contribution is -2.41. The minimum Gasteiger partial charge on any atom is -0.508 e. The predicted octanol–water partition coefficient (Wildman–Crippen LogP) is 1.92. The number of para-hydroxylation sites is 1. The zero-order chi connectivity index (χ0) is 17.5. The molecule has 0 aliphatic heterocycles. The van der Waals surface area contributed by atoms with Crippen molar-refractivity contribution >= 4 is 18.0 Å². The number of carbonyl (C=O) groups is 2. The average Bonchev–Trinajstić information content (AvgIpc) is 2.55. The Bertz CT molecular complexity index is 752. The van der Waals surface area contributed by atoms with Crippen LogP contribution in [0.5, 0.6) is 11.5 Å². The molecule has 124 valence electrons. The Hall–Kier alpha value is -3.28. The van der Waals surface area contributed by atoms with Gasteiger partial charge < -0.3 is 20.6 Å². The van der Waals surface area contributed by atoms with Gasteiger partial charge in [0, 0.05) is 18.1 Å². The Morgan fingerprint density at radius 1 is 1.04 bits per heavy atom. The summed E-state index contributed by atoms with van der Waals surface area (Å²) < 4.78 is 0. The standard InChI is InChI=1S/C18H17NO5/c20-14-8-5-12(6-9-14)11-15(18(23)24)19-17(22)10-7-13-3-1-2-4-16(13)21/h1-10,15,20-21H,11H2,(H,19,22)(H,23,24). The van der Waals surface area contributed by atoms with Crippen molar-refractivity contribution in [1.82, 2.24) is 5.32 Å². The van der Waals surface area contributed by atoms with E-state index in [-0.39, 0.29) is 17.9 Å². The number of benzene rings is 2. The first kappa shape index (κ1) is 17.1. The molecule has 0 radical (unpaired) electrons. The molecule has 0 aliphatic rings. The highest BCUT2D eigenvalue weighted by Gasteiger charge is 2.19. The van der Waals surface area contributed by atoms with Crippen molar-refractivity contribution in [2.75, 3.05) is 0 Å². The van der Waals surface area contributed by atoms with Crippen LogP contribution in [0.1, 0.15) is 11.1 Å². The maximum atomic E-state index is 11.9. The lowest BCUT2D eigenvalue weighted by Gasteiger charge is -2.13. The van der Waals surface area contributed by atoms with Crippen LogP contribution in [-0.4, -0.2) is 33.2 Å². The molecule has 0 fully saturated rings. The summed E-state index contributed by atoms with van der Waals surface area (Å²) >= 11 is 0. The zero-order valence-corrected chi connectivity index (χ0v) is 12.7. The molecule has 1 unspecified atom stereocenters. The highest BCUT2D eigenvalue weighted by Crippen LogP contribution is 2.17. The first-order valence-corrected chi connectivity index (χ1v) is 7.23. The fraction of sp³-hybridized carbons (Fsp3) is 0.111. The van der Waals surface area contributed by atoms with Crippen LogP contribution in [0.4, 0.5) is 0 Å². The molecular weight excluding hydrogens is 310 g/mol. The van der Waals surface area contributed by atoms with E-state index >= 15 is 0 Å². The molecule has 2 aromatic carbocycles. The third-order valence-corrected chi connectivity index (χ3v) is 3.34. The molecule has 4 N–H and O–H groups in total. The fourth-order valence-electron chi connectivity index (χ4n) is 2.08. The molecular formula is C18H17NO5. The van der Waals surface area contributed by atoms with Crippen molar-refractivity contribution in [3.8, 4) is 11.5 Å². The van der Waals surface area contributed by atoms with Gasteiger partial charge in [0.1, 0.15) is 17.5 Å².